The number of nitrogens with two attached hydrogens (primary N) is 1. The molecule has 2 rings (SSSR count). The summed E-state index contributed by atoms with van der Waals surface area (Å²) in [5.41, 5.74) is 7.10. The van der Waals surface area contributed by atoms with Gasteiger partial charge in [-0.3, -0.25) is 4.79 Å². The number of Topliss-reactive ketones (excluding diaryl/α,β-unsaturated/α-hetero) is 1. The standard InChI is InChI=1S/C15H17NO2/c1-11(14(17)10-13-8-5-9-18-13)15(16)12-6-3-2-4-7-12/h2-9,11,15H,10,16H2,1H3. The first-order chi connectivity index (χ1) is 8.68. The Hall–Kier alpha value is -1.87. The highest BCUT2D eigenvalue weighted by Crippen LogP contribution is 2.21. The normalized spacial score (nSPS) is 14.1. The molecule has 0 aliphatic carbocycles. The monoisotopic (exact) mass is 243 g/mol. The molecule has 3 nitrogen and oxygen atoms in total. The van der Waals surface area contributed by atoms with Crippen molar-refractivity contribution in [3.63, 3.8) is 0 Å². The number of carbonyl (C=O) groups excluding carboxylic acids is 1. The Morgan fingerprint density at radius 3 is 2.56 bits per heavy atom. The molecule has 2 atom stereocenters. The molecule has 2 aromatic rings. The van der Waals surface area contributed by atoms with Gasteiger partial charge in [0.1, 0.15) is 11.5 Å². The summed E-state index contributed by atoms with van der Waals surface area (Å²) in [5, 5.41) is 0. The van der Waals surface area contributed by atoms with Gasteiger partial charge >= 0.3 is 0 Å². The number of ketones is 1. The fourth-order valence-electron chi connectivity index (χ4n) is 1.91. The molecular weight excluding hydrogens is 226 g/mol. The van der Waals surface area contributed by atoms with E-state index in [1.54, 1.807) is 18.4 Å². The van der Waals surface area contributed by atoms with E-state index in [0.29, 0.717) is 12.2 Å². The molecule has 1 heterocycles. The average Bonchev–Trinajstić information content (AvgIpc) is 2.91. The average molecular weight is 243 g/mol. The van der Waals surface area contributed by atoms with Crippen molar-refractivity contribution >= 4 is 5.78 Å². The van der Waals surface area contributed by atoms with Gasteiger partial charge in [-0.2, -0.15) is 0 Å². The minimum atomic E-state index is -0.270. The third-order valence-electron chi connectivity index (χ3n) is 3.16. The molecule has 0 aliphatic heterocycles. The lowest BCUT2D eigenvalue weighted by molar-refractivity contribution is -0.122. The molecule has 0 fully saturated rings. The molecule has 2 N–H and O–H groups in total. The van der Waals surface area contributed by atoms with Crippen LogP contribution in [0.4, 0.5) is 0 Å². The predicted octanol–water partition coefficient (Wildman–Crippen LogP) is 2.73. The minimum absolute atomic E-state index is 0.0984. The molecule has 0 saturated heterocycles. The highest BCUT2D eigenvalue weighted by atomic mass is 16.3. The summed E-state index contributed by atoms with van der Waals surface area (Å²) in [6, 6.07) is 13.0. The molecule has 0 radical (unpaired) electrons. The molecule has 1 aromatic carbocycles. The number of rotatable bonds is 5. The topological polar surface area (TPSA) is 56.2 Å². The summed E-state index contributed by atoms with van der Waals surface area (Å²) < 4.78 is 5.18. The van der Waals surface area contributed by atoms with Gasteiger partial charge in [0.05, 0.1) is 12.7 Å². The van der Waals surface area contributed by atoms with Crippen molar-refractivity contribution in [3.05, 3.63) is 60.1 Å². The molecule has 0 amide bonds. The van der Waals surface area contributed by atoms with Crippen LogP contribution in [0.25, 0.3) is 0 Å². The highest BCUT2D eigenvalue weighted by molar-refractivity contribution is 5.83. The van der Waals surface area contributed by atoms with Crippen LogP contribution in [0.2, 0.25) is 0 Å². The molecule has 3 heteroatoms. The van der Waals surface area contributed by atoms with E-state index in [1.165, 1.54) is 0 Å². The Bertz CT molecular complexity index is 490. The molecule has 1 aromatic heterocycles. The van der Waals surface area contributed by atoms with Crippen LogP contribution in [0.3, 0.4) is 0 Å². The van der Waals surface area contributed by atoms with Gasteiger partial charge in [-0.05, 0) is 17.7 Å². The fourth-order valence-corrected chi connectivity index (χ4v) is 1.91. The van der Waals surface area contributed by atoms with Gasteiger partial charge in [0.25, 0.3) is 0 Å². The van der Waals surface area contributed by atoms with Crippen molar-refractivity contribution in [2.24, 2.45) is 11.7 Å². The van der Waals surface area contributed by atoms with Crippen LogP contribution < -0.4 is 5.73 Å². The summed E-state index contributed by atoms with van der Waals surface area (Å²) in [6.07, 6.45) is 1.87. The predicted molar refractivity (Wildman–Crippen MR) is 70.0 cm³/mol. The van der Waals surface area contributed by atoms with Crippen LogP contribution >= 0.6 is 0 Å². The Labute approximate surface area is 107 Å². The number of benzene rings is 1. The lowest BCUT2D eigenvalue weighted by Crippen LogP contribution is -2.27. The summed E-state index contributed by atoms with van der Waals surface area (Å²) in [7, 11) is 0. The van der Waals surface area contributed by atoms with Crippen LogP contribution in [0.5, 0.6) is 0 Å². The van der Waals surface area contributed by atoms with Gasteiger partial charge < -0.3 is 10.2 Å². The Morgan fingerprint density at radius 1 is 1.22 bits per heavy atom. The summed E-state index contributed by atoms with van der Waals surface area (Å²) in [4.78, 5) is 12.1. The SMILES string of the molecule is CC(C(=O)Cc1ccco1)C(N)c1ccccc1. The summed E-state index contributed by atoms with van der Waals surface area (Å²) >= 11 is 0. The maximum absolute atomic E-state index is 12.1. The van der Waals surface area contributed by atoms with Crippen LogP contribution in [0, 0.1) is 5.92 Å². The maximum Gasteiger partial charge on any atom is 0.145 e. The van der Waals surface area contributed by atoms with Crippen LogP contribution in [0.15, 0.2) is 53.1 Å². The molecule has 0 aliphatic rings. The third-order valence-corrected chi connectivity index (χ3v) is 3.16. The van der Waals surface area contributed by atoms with Gasteiger partial charge in [0, 0.05) is 12.0 Å². The summed E-state index contributed by atoms with van der Waals surface area (Å²) in [6.45, 7) is 1.86. The van der Waals surface area contributed by atoms with E-state index < -0.39 is 0 Å². The van der Waals surface area contributed by atoms with Crippen LogP contribution in [-0.4, -0.2) is 5.78 Å². The van der Waals surface area contributed by atoms with E-state index >= 15 is 0 Å². The zero-order valence-corrected chi connectivity index (χ0v) is 10.4. The zero-order chi connectivity index (χ0) is 13.0. The van der Waals surface area contributed by atoms with Gasteiger partial charge in [-0.25, -0.2) is 0 Å². The Balaban J connectivity index is 2.02. The summed E-state index contributed by atoms with van der Waals surface area (Å²) in [5.74, 6) is 0.561. The van der Waals surface area contributed by atoms with Gasteiger partial charge in [-0.15, -0.1) is 0 Å². The minimum Gasteiger partial charge on any atom is -0.469 e. The van der Waals surface area contributed by atoms with E-state index in [4.69, 9.17) is 10.2 Å². The zero-order valence-electron chi connectivity index (χ0n) is 10.4. The van der Waals surface area contributed by atoms with Crippen molar-refractivity contribution < 1.29 is 9.21 Å². The lowest BCUT2D eigenvalue weighted by atomic mass is 9.90. The second-order valence-electron chi connectivity index (χ2n) is 4.45. The van der Waals surface area contributed by atoms with Gasteiger partial charge in [-0.1, -0.05) is 37.3 Å². The van der Waals surface area contributed by atoms with Gasteiger partial charge in [0.15, 0.2) is 0 Å². The number of carbonyl (C=O) groups is 1. The van der Waals surface area contributed by atoms with Crippen molar-refractivity contribution in [3.8, 4) is 0 Å². The van der Waals surface area contributed by atoms with Gasteiger partial charge in [0.2, 0.25) is 0 Å². The molecule has 18 heavy (non-hydrogen) atoms. The number of furan rings is 1. The molecule has 0 saturated carbocycles. The number of hydrogen-bond donors (Lipinski definition) is 1. The second kappa shape index (κ2) is 5.65. The maximum atomic E-state index is 12.1. The first-order valence-corrected chi connectivity index (χ1v) is 6.04. The third kappa shape index (κ3) is 2.87. The second-order valence-corrected chi connectivity index (χ2v) is 4.45. The molecule has 0 spiro atoms. The van der Waals surface area contributed by atoms with Crippen LogP contribution in [-0.2, 0) is 11.2 Å². The van der Waals surface area contributed by atoms with Crippen molar-refractivity contribution in [1.82, 2.24) is 0 Å². The highest BCUT2D eigenvalue weighted by Gasteiger charge is 2.22. The lowest BCUT2D eigenvalue weighted by Gasteiger charge is -2.18. The fraction of sp³-hybridized carbons (Fsp3) is 0.267. The van der Waals surface area contributed by atoms with E-state index in [9.17, 15) is 4.79 Å². The van der Waals surface area contributed by atoms with Crippen molar-refractivity contribution in [1.29, 1.82) is 0 Å². The van der Waals surface area contributed by atoms with E-state index in [1.807, 2.05) is 37.3 Å². The molecule has 94 valence electrons. The van der Waals surface area contributed by atoms with E-state index in [0.717, 1.165) is 5.56 Å². The first-order valence-electron chi connectivity index (χ1n) is 6.04. The van der Waals surface area contributed by atoms with E-state index in [-0.39, 0.29) is 17.7 Å². The van der Waals surface area contributed by atoms with E-state index in [2.05, 4.69) is 0 Å². The smallest absolute Gasteiger partial charge is 0.145 e. The quantitative estimate of drug-likeness (QED) is 0.878. The molecule has 0 bridgehead atoms. The van der Waals surface area contributed by atoms with Crippen molar-refractivity contribution in [2.45, 2.75) is 19.4 Å². The first kappa shape index (κ1) is 12.6. The Morgan fingerprint density at radius 2 is 1.94 bits per heavy atom. The number of hydrogen-bond acceptors (Lipinski definition) is 3. The molecule has 2 unspecified atom stereocenters. The Kier molecular flexibility index (Phi) is 3.95. The largest absolute Gasteiger partial charge is 0.469 e. The van der Waals surface area contributed by atoms with Crippen molar-refractivity contribution in [2.75, 3.05) is 0 Å². The molecular formula is C15H17NO2. The van der Waals surface area contributed by atoms with Crippen LogP contribution in [0.1, 0.15) is 24.3 Å².